The van der Waals surface area contributed by atoms with Crippen LogP contribution in [0.5, 0.6) is 0 Å². The highest BCUT2D eigenvalue weighted by atomic mass is 32.1. The van der Waals surface area contributed by atoms with Crippen molar-refractivity contribution in [2.75, 3.05) is 0 Å². The molecule has 1 rings (SSSR count). The van der Waals surface area contributed by atoms with E-state index in [0.29, 0.717) is 16.4 Å². The molecule has 88 valence electrons. The van der Waals surface area contributed by atoms with Gasteiger partial charge in [0, 0.05) is 6.04 Å². The third-order valence-electron chi connectivity index (χ3n) is 1.81. The van der Waals surface area contributed by atoms with Crippen LogP contribution in [0.1, 0.15) is 30.0 Å². The van der Waals surface area contributed by atoms with Gasteiger partial charge in [-0.1, -0.05) is 0 Å². The first-order valence-corrected chi connectivity index (χ1v) is 5.32. The Balaban J connectivity index is 2.42. The largest absolute Gasteiger partial charge is 0.469 e. The van der Waals surface area contributed by atoms with Crippen LogP contribution in [0.4, 0.5) is 0 Å². The van der Waals surface area contributed by atoms with Crippen LogP contribution in [0.2, 0.25) is 0 Å². The van der Waals surface area contributed by atoms with Gasteiger partial charge in [0.15, 0.2) is 5.11 Å². The summed E-state index contributed by atoms with van der Waals surface area (Å²) >= 11 is 4.95. The second-order valence-electron chi connectivity index (χ2n) is 3.60. The SMILES string of the molecule is Cc1occc1C(=O)NNC(=S)NC(C)C. The normalized spacial score (nSPS) is 10.0. The molecule has 0 spiro atoms. The maximum atomic E-state index is 11.6. The van der Waals surface area contributed by atoms with Crippen molar-refractivity contribution in [2.45, 2.75) is 26.8 Å². The fourth-order valence-corrected chi connectivity index (χ4v) is 1.39. The van der Waals surface area contributed by atoms with Gasteiger partial charge in [0.05, 0.1) is 11.8 Å². The summed E-state index contributed by atoms with van der Waals surface area (Å²) in [6, 6.07) is 1.82. The summed E-state index contributed by atoms with van der Waals surface area (Å²) in [6.07, 6.45) is 1.47. The minimum atomic E-state index is -0.279. The molecule has 1 aromatic heterocycles. The first-order valence-electron chi connectivity index (χ1n) is 4.91. The first kappa shape index (κ1) is 12.5. The van der Waals surface area contributed by atoms with E-state index < -0.39 is 0 Å². The highest BCUT2D eigenvalue weighted by Crippen LogP contribution is 2.07. The van der Waals surface area contributed by atoms with Crippen LogP contribution in [0.15, 0.2) is 16.7 Å². The fraction of sp³-hybridized carbons (Fsp3) is 0.400. The summed E-state index contributed by atoms with van der Waals surface area (Å²) in [5, 5.41) is 3.32. The molecule has 1 aromatic rings. The summed E-state index contributed by atoms with van der Waals surface area (Å²) in [7, 11) is 0. The van der Waals surface area contributed by atoms with E-state index in [9.17, 15) is 4.79 Å². The topological polar surface area (TPSA) is 66.3 Å². The molecule has 6 heteroatoms. The van der Waals surface area contributed by atoms with E-state index in [4.69, 9.17) is 16.6 Å². The number of carbonyl (C=O) groups excluding carboxylic acids is 1. The van der Waals surface area contributed by atoms with Crippen molar-refractivity contribution in [3.8, 4) is 0 Å². The lowest BCUT2D eigenvalue weighted by Crippen LogP contribution is -2.48. The number of hydrogen-bond donors (Lipinski definition) is 3. The number of carbonyl (C=O) groups is 1. The minimum Gasteiger partial charge on any atom is -0.469 e. The summed E-state index contributed by atoms with van der Waals surface area (Å²) in [5.74, 6) is 0.293. The molecule has 0 unspecified atom stereocenters. The molecule has 0 atom stereocenters. The quantitative estimate of drug-likeness (QED) is 0.534. The van der Waals surface area contributed by atoms with Gasteiger partial charge in [-0.25, -0.2) is 0 Å². The number of amides is 1. The molecule has 1 amide bonds. The zero-order valence-corrected chi connectivity index (χ0v) is 10.3. The predicted molar refractivity (Wildman–Crippen MR) is 64.9 cm³/mol. The number of aryl methyl sites for hydroxylation is 1. The molecule has 1 heterocycles. The molecule has 0 aliphatic heterocycles. The van der Waals surface area contributed by atoms with Gasteiger partial charge < -0.3 is 9.73 Å². The minimum absolute atomic E-state index is 0.215. The third-order valence-corrected chi connectivity index (χ3v) is 2.03. The fourth-order valence-electron chi connectivity index (χ4n) is 1.10. The molecule has 0 saturated carbocycles. The Morgan fingerprint density at radius 1 is 1.44 bits per heavy atom. The van der Waals surface area contributed by atoms with Crippen molar-refractivity contribution in [3.05, 3.63) is 23.7 Å². The first-order chi connectivity index (χ1) is 7.50. The molecule has 0 aliphatic rings. The number of rotatable bonds is 2. The average molecular weight is 241 g/mol. The van der Waals surface area contributed by atoms with Crippen molar-refractivity contribution in [1.29, 1.82) is 0 Å². The molecular weight excluding hydrogens is 226 g/mol. The lowest BCUT2D eigenvalue weighted by atomic mass is 10.2. The van der Waals surface area contributed by atoms with Crippen molar-refractivity contribution in [2.24, 2.45) is 0 Å². The zero-order chi connectivity index (χ0) is 12.1. The molecule has 0 aromatic carbocycles. The molecule has 0 fully saturated rings. The van der Waals surface area contributed by atoms with Gasteiger partial charge in [-0.3, -0.25) is 15.6 Å². The van der Waals surface area contributed by atoms with Crippen LogP contribution >= 0.6 is 12.2 Å². The number of hydrogen-bond acceptors (Lipinski definition) is 3. The smallest absolute Gasteiger partial charge is 0.273 e. The molecule has 16 heavy (non-hydrogen) atoms. The summed E-state index contributed by atoms with van der Waals surface area (Å²) in [6.45, 7) is 5.63. The Bertz CT molecular complexity index is 387. The van der Waals surface area contributed by atoms with Gasteiger partial charge in [-0.05, 0) is 39.1 Å². The van der Waals surface area contributed by atoms with E-state index in [1.807, 2.05) is 13.8 Å². The summed E-state index contributed by atoms with van der Waals surface area (Å²) < 4.78 is 5.02. The highest BCUT2D eigenvalue weighted by molar-refractivity contribution is 7.80. The Hall–Kier alpha value is -1.56. The van der Waals surface area contributed by atoms with E-state index >= 15 is 0 Å². The van der Waals surface area contributed by atoms with Crippen molar-refractivity contribution in [1.82, 2.24) is 16.2 Å². The molecule has 3 N–H and O–H groups in total. The lowest BCUT2D eigenvalue weighted by molar-refractivity contribution is 0.0942. The molecule has 5 nitrogen and oxygen atoms in total. The maximum absolute atomic E-state index is 11.6. The lowest BCUT2D eigenvalue weighted by Gasteiger charge is -2.13. The number of thiocarbonyl (C=S) groups is 1. The van der Waals surface area contributed by atoms with E-state index in [1.165, 1.54) is 6.26 Å². The Kier molecular flexibility index (Phi) is 4.30. The molecular formula is C10H15N3O2S. The van der Waals surface area contributed by atoms with Crippen LogP contribution < -0.4 is 16.2 Å². The van der Waals surface area contributed by atoms with Gasteiger partial charge >= 0.3 is 0 Å². The van der Waals surface area contributed by atoms with Gasteiger partial charge in [-0.15, -0.1) is 0 Å². The third kappa shape index (κ3) is 3.54. The summed E-state index contributed by atoms with van der Waals surface area (Å²) in [4.78, 5) is 11.6. The highest BCUT2D eigenvalue weighted by Gasteiger charge is 2.11. The second kappa shape index (κ2) is 5.50. The molecule has 0 aliphatic carbocycles. The van der Waals surface area contributed by atoms with Crippen molar-refractivity contribution < 1.29 is 9.21 Å². The number of nitrogens with one attached hydrogen (secondary N) is 3. The van der Waals surface area contributed by atoms with Crippen LogP contribution in [0, 0.1) is 6.92 Å². The van der Waals surface area contributed by atoms with E-state index in [2.05, 4.69) is 16.2 Å². The second-order valence-corrected chi connectivity index (χ2v) is 4.01. The molecule has 0 radical (unpaired) electrons. The Labute approximate surface area is 99.6 Å². The van der Waals surface area contributed by atoms with Gasteiger partial charge in [0.25, 0.3) is 5.91 Å². The van der Waals surface area contributed by atoms with Gasteiger partial charge in [0.1, 0.15) is 5.76 Å². The number of hydrazine groups is 1. The Morgan fingerprint density at radius 2 is 2.12 bits per heavy atom. The van der Waals surface area contributed by atoms with E-state index in [0.717, 1.165) is 0 Å². The van der Waals surface area contributed by atoms with Crippen molar-refractivity contribution in [3.63, 3.8) is 0 Å². The average Bonchev–Trinajstić information content (AvgIpc) is 2.60. The monoisotopic (exact) mass is 241 g/mol. The summed E-state index contributed by atoms with van der Waals surface area (Å²) in [5.41, 5.74) is 5.57. The van der Waals surface area contributed by atoms with E-state index in [1.54, 1.807) is 13.0 Å². The van der Waals surface area contributed by atoms with Crippen LogP contribution in [-0.2, 0) is 0 Å². The number of furan rings is 1. The van der Waals surface area contributed by atoms with E-state index in [-0.39, 0.29) is 11.9 Å². The molecule has 0 saturated heterocycles. The van der Waals surface area contributed by atoms with Crippen molar-refractivity contribution >= 4 is 23.2 Å². The molecule has 0 bridgehead atoms. The predicted octanol–water partition coefficient (Wildman–Crippen LogP) is 1.11. The van der Waals surface area contributed by atoms with Gasteiger partial charge in [-0.2, -0.15) is 0 Å². The van der Waals surface area contributed by atoms with Crippen LogP contribution in [0.3, 0.4) is 0 Å². The standard InChI is InChI=1S/C10H15N3O2S/c1-6(2)11-10(16)13-12-9(14)8-4-5-15-7(8)3/h4-6H,1-3H3,(H,12,14)(H2,11,13,16). The zero-order valence-electron chi connectivity index (χ0n) is 9.46. The van der Waals surface area contributed by atoms with Gasteiger partial charge in [0.2, 0.25) is 0 Å². The maximum Gasteiger partial charge on any atom is 0.273 e. The van der Waals surface area contributed by atoms with Crippen LogP contribution in [0.25, 0.3) is 0 Å². The van der Waals surface area contributed by atoms with Crippen LogP contribution in [-0.4, -0.2) is 17.1 Å². The Morgan fingerprint density at radius 3 is 2.62 bits per heavy atom.